The Bertz CT molecular complexity index is 335. The van der Waals surface area contributed by atoms with Gasteiger partial charge in [-0.2, -0.15) is 0 Å². The molecule has 118 valence electrons. The third-order valence-corrected chi connectivity index (χ3v) is 3.04. The van der Waals surface area contributed by atoms with Crippen LogP contribution in [0.15, 0.2) is 0 Å². The molecule has 0 atom stereocenters. The zero-order valence-corrected chi connectivity index (χ0v) is 13.9. The molecule has 0 aliphatic carbocycles. The van der Waals surface area contributed by atoms with Gasteiger partial charge in [0, 0.05) is 6.54 Å². The lowest BCUT2D eigenvalue weighted by atomic mass is 9.75. The van der Waals surface area contributed by atoms with E-state index in [0.29, 0.717) is 26.2 Å². The monoisotopic (exact) mass is 287 g/mol. The second-order valence-corrected chi connectivity index (χ2v) is 6.60. The number of rotatable bonds is 8. The first kappa shape index (κ1) is 18.9. The third kappa shape index (κ3) is 6.37. The van der Waals surface area contributed by atoms with Gasteiger partial charge in [-0.15, -0.1) is 0 Å². The topological polar surface area (TPSA) is 55.8 Å². The maximum atomic E-state index is 12.1. The second-order valence-electron chi connectivity index (χ2n) is 6.60. The van der Waals surface area contributed by atoms with E-state index in [0.717, 1.165) is 0 Å². The molecule has 20 heavy (non-hydrogen) atoms. The number of ether oxygens (including phenoxy) is 2. The highest BCUT2D eigenvalue weighted by Gasteiger charge is 2.40. The van der Waals surface area contributed by atoms with Gasteiger partial charge in [0.1, 0.15) is 6.61 Å². The van der Waals surface area contributed by atoms with Crippen LogP contribution in [0, 0.1) is 10.8 Å². The lowest BCUT2D eigenvalue weighted by molar-refractivity contribution is -0.161. The molecule has 0 N–H and O–H groups in total. The van der Waals surface area contributed by atoms with E-state index in [2.05, 4.69) is 0 Å². The van der Waals surface area contributed by atoms with Gasteiger partial charge in [-0.05, 0) is 55.1 Å². The molecule has 0 unspecified atom stereocenters. The largest absolute Gasteiger partial charge is 0.466 e. The first-order valence-corrected chi connectivity index (χ1v) is 7.02. The first-order valence-electron chi connectivity index (χ1n) is 7.02. The minimum atomic E-state index is -0.720. The summed E-state index contributed by atoms with van der Waals surface area (Å²) in [6.07, 6.45) is 0.389. The number of nitrogens with zero attached hydrogens (tertiary/aromatic N) is 1. The van der Waals surface area contributed by atoms with Gasteiger partial charge in [-0.25, -0.2) is 0 Å². The third-order valence-electron chi connectivity index (χ3n) is 3.04. The van der Waals surface area contributed by atoms with Crippen molar-refractivity contribution in [1.29, 1.82) is 0 Å². The zero-order chi connectivity index (χ0) is 16.0. The molecule has 0 aromatic carbocycles. The minimum absolute atomic E-state index is 0.281. The summed E-state index contributed by atoms with van der Waals surface area (Å²) in [7, 11) is 3.84. The molecular weight excluding hydrogens is 258 g/mol. The fourth-order valence-electron chi connectivity index (χ4n) is 2.09. The highest BCUT2D eigenvalue weighted by atomic mass is 16.5. The van der Waals surface area contributed by atoms with Crippen LogP contribution in [0.2, 0.25) is 0 Å². The summed E-state index contributed by atoms with van der Waals surface area (Å²) in [6.45, 7) is 10.3. The normalized spacial score (nSPS) is 12.4. The van der Waals surface area contributed by atoms with Gasteiger partial charge < -0.3 is 14.4 Å². The van der Waals surface area contributed by atoms with E-state index < -0.39 is 10.8 Å². The molecular formula is C15H29NO4. The SMILES string of the molecule is CCOC(=O)C(C)(C)CC(C)(C)C(=O)OCCN(C)C. The summed E-state index contributed by atoms with van der Waals surface area (Å²) in [6, 6.07) is 0. The molecule has 5 heteroatoms. The molecule has 0 bridgehead atoms. The Morgan fingerprint density at radius 3 is 1.80 bits per heavy atom. The van der Waals surface area contributed by atoms with E-state index in [1.807, 2.05) is 19.0 Å². The van der Waals surface area contributed by atoms with Crippen LogP contribution in [0.25, 0.3) is 0 Å². The van der Waals surface area contributed by atoms with E-state index in [-0.39, 0.29) is 11.9 Å². The maximum Gasteiger partial charge on any atom is 0.311 e. The van der Waals surface area contributed by atoms with Gasteiger partial charge in [0.05, 0.1) is 17.4 Å². The summed E-state index contributed by atoms with van der Waals surface area (Å²) in [5.41, 5.74) is -1.43. The summed E-state index contributed by atoms with van der Waals surface area (Å²) in [5.74, 6) is -0.564. The van der Waals surface area contributed by atoms with Gasteiger partial charge >= 0.3 is 11.9 Å². The Morgan fingerprint density at radius 1 is 0.950 bits per heavy atom. The Kier molecular flexibility index (Phi) is 7.20. The van der Waals surface area contributed by atoms with E-state index in [4.69, 9.17) is 9.47 Å². The van der Waals surface area contributed by atoms with Crippen LogP contribution in [-0.4, -0.2) is 50.7 Å². The fraction of sp³-hybridized carbons (Fsp3) is 0.867. The van der Waals surface area contributed by atoms with Crippen LogP contribution in [0.3, 0.4) is 0 Å². The first-order chi connectivity index (χ1) is 9.03. The molecule has 0 aliphatic rings. The molecule has 0 fully saturated rings. The van der Waals surface area contributed by atoms with Crippen molar-refractivity contribution >= 4 is 11.9 Å². The molecule has 0 aromatic heterocycles. The molecule has 0 amide bonds. The smallest absolute Gasteiger partial charge is 0.311 e. The van der Waals surface area contributed by atoms with Gasteiger partial charge in [0.15, 0.2) is 0 Å². The van der Waals surface area contributed by atoms with Gasteiger partial charge in [0.2, 0.25) is 0 Å². The number of likely N-dealkylation sites (N-methyl/N-ethyl adjacent to an activating group) is 1. The van der Waals surface area contributed by atoms with Crippen LogP contribution in [0.5, 0.6) is 0 Å². The average Bonchev–Trinajstić information content (AvgIpc) is 2.27. The van der Waals surface area contributed by atoms with Crippen LogP contribution < -0.4 is 0 Å². The maximum absolute atomic E-state index is 12.1. The molecule has 5 nitrogen and oxygen atoms in total. The van der Waals surface area contributed by atoms with E-state index in [1.165, 1.54) is 0 Å². The molecule has 0 saturated heterocycles. The molecule has 0 saturated carbocycles. The zero-order valence-electron chi connectivity index (χ0n) is 13.9. The summed E-state index contributed by atoms with van der Waals surface area (Å²) in [4.78, 5) is 25.9. The lowest BCUT2D eigenvalue weighted by Crippen LogP contribution is -2.37. The van der Waals surface area contributed by atoms with Crippen molar-refractivity contribution in [2.45, 2.75) is 41.0 Å². The summed E-state index contributed by atoms with van der Waals surface area (Å²) in [5, 5.41) is 0. The van der Waals surface area contributed by atoms with Crippen molar-refractivity contribution in [3.05, 3.63) is 0 Å². The fourth-order valence-corrected chi connectivity index (χ4v) is 2.09. The number of esters is 2. The lowest BCUT2D eigenvalue weighted by Gasteiger charge is -2.31. The van der Waals surface area contributed by atoms with Crippen LogP contribution in [0.1, 0.15) is 41.0 Å². The highest BCUT2D eigenvalue weighted by molar-refractivity contribution is 5.80. The Hall–Kier alpha value is -1.10. The molecule has 0 aliphatic heterocycles. The predicted octanol–water partition coefficient (Wildman–Crippen LogP) is 2.10. The summed E-state index contributed by atoms with van der Waals surface area (Å²) < 4.78 is 10.3. The number of hydrogen-bond acceptors (Lipinski definition) is 5. The van der Waals surface area contributed by atoms with Gasteiger partial charge in [0.25, 0.3) is 0 Å². The standard InChI is InChI=1S/C15H29NO4/c1-8-19-12(17)14(2,3)11-15(4,5)13(18)20-10-9-16(6)7/h8-11H2,1-7H3. The van der Waals surface area contributed by atoms with E-state index in [9.17, 15) is 9.59 Å². The van der Waals surface area contributed by atoms with Crippen LogP contribution in [-0.2, 0) is 19.1 Å². The van der Waals surface area contributed by atoms with Crippen molar-refractivity contribution in [3.63, 3.8) is 0 Å². The van der Waals surface area contributed by atoms with Crippen molar-refractivity contribution in [2.75, 3.05) is 33.9 Å². The quantitative estimate of drug-likeness (QED) is 0.640. The number of hydrogen-bond donors (Lipinski definition) is 0. The van der Waals surface area contributed by atoms with Gasteiger partial charge in [-0.1, -0.05) is 0 Å². The highest BCUT2D eigenvalue weighted by Crippen LogP contribution is 2.35. The molecule has 0 radical (unpaired) electrons. The second kappa shape index (κ2) is 7.62. The molecule has 0 heterocycles. The predicted molar refractivity (Wildman–Crippen MR) is 78.3 cm³/mol. The van der Waals surface area contributed by atoms with Crippen molar-refractivity contribution in [3.8, 4) is 0 Å². The minimum Gasteiger partial charge on any atom is -0.466 e. The van der Waals surface area contributed by atoms with Crippen molar-refractivity contribution in [2.24, 2.45) is 10.8 Å². The Balaban J connectivity index is 4.55. The Labute approximate surface area is 122 Å². The van der Waals surface area contributed by atoms with Crippen molar-refractivity contribution < 1.29 is 19.1 Å². The Morgan fingerprint density at radius 2 is 1.40 bits per heavy atom. The van der Waals surface area contributed by atoms with Gasteiger partial charge in [-0.3, -0.25) is 9.59 Å². The number of carbonyl (C=O) groups is 2. The van der Waals surface area contributed by atoms with E-state index >= 15 is 0 Å². The van der Waals surface area contributed by atoms with Crippen LogP contribution >= 0.6 is 0 Å². The molecule has 0 rings (SSSR count). The van der Waals surface area contributed by atoms with Crippen molar-refractivity contribution in [1.82, 2.24) is 4.90 Å². The average molecular weight is 287 g/mol. The number of carbonyl (C=O) groups excluding carboxylic acids is 2. The van der Waals surface area contributed by atoms with E-state index in [1.54, 1.807) is 34.6 Å². The molecule has 0 aromatic rings. The summed E-state index contributed by atoms with van der Waals surface area (Å²) >= 11 is 0. The molecule has 0 spiro atoms. The van der Waals surface area contributed by atoms with Crippen LogP contribution in [0.4, 0.5) is 0 Å².